The normalized spacial score (nSPS) is 12.0. The maximum atomic E-state index is 13.6. The molecular weight excluding hydrogens is 546 g/mol. The van der Waals surface area contributed by atoms with Crippen molar-refractivity contribution in [1.82, 2.24) is 10.3 Å². The molecule has 0 bridgehead atoms. The van der Waals surface area contributed by atoms with E-state index < -0.39 is 17.8 Å². The lowest BCUT2D eigenvalue weighted by Gasteiger charge is -2.17. The van der Waals surface area contributed by atoms with Crippen LogP contribution in [-0.2, 0) is 4.74 Å². The molecule has 1 aliphatic carbocycles. The highest BCUT2D eigenvalue weighted by atomic mass is 35.5. The Bertz CT molecular complexity index is 1490. The lowest BCUT2D eigenvalue weighted by molar-refractivity contribution is 0.0520. The van der Waals surface area contributed by atoms with Crippen LogP contribution in [0.15, 0.2) is 55.1 Å². The number of aromatic nitrogens is 1. The average Bonchev–Trinajstić information content (AvgIpc) is 3.80. The van der Waals surface area contributed by atoms with Crippen LogP contribution in [0.3, 0.4) is 0 Å². The number of pyridine rings is 1. The van der Waals surface area contributed by atoms with E-state index in [2.05, 4.69) is 22.2 Å². The summed E-state index contributed by atoms with van der Waals surface area (Å²) in [5.74, 6) is -0.786. The summed E-state index contributed by atoms with van der Waals surface area (Å²) in [5, 5.41) is 13.2. The summed E-state index contributed by atoms with van der Waals surface area (Å²) in [4.78, 5) is 43.7. The van der Waals surface area contributed by atoms with Crippen molar-refractivity contribution < 1.29 is 23.9 Å². The van der Waals surface area contributed by atoms with Gasteiger partial charge in [0.2, 0.25) is 0 Å². The van der Waals surface area contributed by atoms with Crippen LogP contribution < -0.4 is 21.1 Å². The fourth-order valence-corrected chi connectivity index (χ4v) is 4.08. The van der Waals surface area contributed by atoms with Gasteiger partial charge in [-0.3, -0.25) is 15.0 Å². The fraction of sp³-hybridized carbons (Fsp3) is 0.233. The molecular formula is C30H32ClN5O5. The van der Waals surface area contributed by atoms with Gasteiger partial charge in [0, 0.05) is 40.0 Å². The van der Waals surface area contributed by atoms with Gasteiger partial charge in [-0.25, -0.2) is 9.78 Å². The van der Waals surface area contributed by atoms with Crippen molar-refractivity contribution in [2.45, 2.75) is 19.8 Å². The van der Waals surface area contributed by atoms with Crippen molar-refractivity contribution in [3.63, 3.8) is 0 Å². The van der Waals surface area contributed by atoms with Gasteiger partial charge in [-0.05, 0) is 74.2 Å². The molecule has 214 valence electrons. The van der Waals surface area contributed by atoms with Gasteiger partial charge >= 0.3 is 5.97 Å². The zero-order valence-electron chi connectivity index (χ0n) is 22.8. The Morgan fingerprint density at radius 1 is 1.10 bits per heavy atom. The number of esters is 1. The summed E-state index contributed by atoms with van der Waals surface area (Å²) in [6.07, 6.45) is 3.71. The first kappa shape index (κ1) is 30.8. The molecule has 4 rings (SSSR count). The van der Waals surface area contributed by atoms with Crippen LogP contribution in [0.2, 0.25) is 0 Å². The molecule has 2 aromatic carbocycles. The van der Waals surface area contributed by atoms with E-state index in [0.717, 1.165) is 12.8 Å². The second-order valence-electron chi connectivity index (χ2n) is 9.26. The molecule has 0 atom stereocenters. The first-order valence-corrected chi connectivity index (χ1v) is 12.8. The van der Waals surface area contributed by atoms with Gasteiger partial charge in [0.25, 0.3) is 11.8 Å². The number of amidine groups is 1. The van der Waals surface area contributed by atoms with E-state index in [-0.39, 0.29) is 41.8 Å². The van der Waals surface area contributed by atoms with Crippen LogP contribution in [0.5, 0.6) is 5.75 Å². The van der Waals surface area contributed by atoms with Gasteiger partial charge < -0.3 is 25.8 Å². The van der Waals surface area contributed by atoms with E-state index >= 15 is 0 Å². The molecule has 0 radical (unpaired) electrons. The summed E-state index contributed by atoms with van der Waals surface area (Å²) < 4.78 is 10.8. The van der Waals surface area contributed by atoms with Crippen molar-refractivity contribution in [1.29, 1.82) is 5.41 Å². The zero-order chi connectivity index (χ0) is 28.8. The Kier molecular flexibility index (Phi) is 10.2. The highest BCUT2D eigenvalue weighted by molar-refractivity contribution is 6.11. The molecule has 0 unspecified atom stereocenters. The lowest BCUT2D eigenvalue weighted by Crippen LogP contribution is -2.27. The van der Waals surface area contributed by atoms with Crippen LogP contribution >= 0.6 is 12.4 Å². The summed E-state index contributed by atoms with van der Waals surface area (Å²) in [5.41, 5.74) is 7.90. The molecule has 1 aromatic heterocycles. The number of carbonyl (C=O) groups excluding carboxylic acids is 3. The van der Waals surface area contributed by atoms with Gasteiger partial charge in [-0.2, -0.15) is 0 Å². The van der Waals surface area contributed by atoms with Crippen molar-refractivity contribution in [2.24, 2.45) is 11.7 Å². The summed E-state index contributed by atoms with van der Waals surface area (Å²) in [6, 6.07) is 12.8. The van der Waals surface area contributed by atoms with E-state index in [0.29, 0.717) is 46.2 Å². The predicted octanol–water partition coefficient (Wildman–Crippen LogP) is 4.67. The largest absolute Gasteiger partial charge is 0.496 e. The number of amides is 2. The molecule has 0 aliphatic heterocycles. The van der Waals surface area contributed by atoms with Crippen LogP contribution in [0, 0.1) is 11.3 Å². The minimum atomic E-state index is -0.729. The van der Waals surface area contributed by atoms with Crippen molar-refractivity contribution in [3.05, 3.63) is 83.2 Å². The Morgan fingerprint density at radius 2 is 1.80 bits per heavy atom. The van der Waals surface area contributed by atoms with E-state index in [1.807, 2.05) is 0 Å². The summed E-state index contributed by atoms with van der Waals surface area (Å²) >= 11 is 0. The number of anilines is 1. The number of nitrogens with zero attached hydrogens (tertiary/aromatic N) is 1. The number of nitrogens with two attached hydrogens (primary N) is 1. The van der Waals surface area contributed by atoms with E-state index in [9.17, 15) is 14.4 Å². The highest BCUT2D eigenvalue weighted by Gasteiger charge is 2.26. The molecule has 11 heteroatoms. The Morgan fingerprint density at radius 3 is 2.39 bits per heavy atom. The van der Waals surface area contributed by atoms with Crippen molar-refractivity contribution >= 4 is 47.8 Å². The standard InChI is InChI=1S/C30H31N5O5.ClH/c1-4-18-14-23(28(36)34-20-10-8-19(9-11-20)27(31)32)22(15-25(18)39-3)21-12-13-24(29(37)33-16-17-6-7-17)35-26(21)30(38)40-5-2;/h4,8-15,17H,1,5-7,16H2,2-3H3,(H3,31,32)(H,33,37)(H,34,36);1H. The third-order valence-electron chi connectivity index (χ3n) is 6.42. The molecule has 1 heterocycles. The number of methoxy groups -OCH3 is 1. The number of carbonyl (C=O) groups is 3. The lowest BCUT2D eigenvalue weighted by atomic mass is 9.94. The van der Waals surface area contributed by atoms with Crippen LogP contribution in [-0.4, -0.2) is 48.9 Å². The third-order valence-corrected chi connectivity index (χ3v) is 6.42. The number of nitrogen functional groups attached to an aromatic ring is 1. The molecule has 10 nitrogen and oxygen atoms in total. The third kappa shape index (κ3) is 7.29. The van der Waals surface area contributed by atoms with Gasteiger partial charge in [-0.15, -0.1) is 12.4 Å². The number of hydrogen-bond acceptors (Lipinski definition) is 7. The summed E-state index contributed by atoms with van der Waals surface area (Å²) in [7, 11) is 1.49. The maximum Gasteiger partial charge on any atom is 0.357 e. The maximum absolute atomic E-state index is 13.6. The van der Waals surface area contributed by atoms with Gasteiger partial charge in [0.05, 0.1) is 13.7 Å². The van der Waals surface area contributed by atoms with Crippen molar-refractivity contribution in [3.8, 4) is 16.9 Å². The predicted molar refractivity (Wildman–Crippen MR) is 160 cm³/mol. The molecule has 1 aliphatic rings. The molecule has 41 heavy (non-hydrogen) atoms. The number of rotatable bonds is 11. The zero-order valence-corrected chi connectivity index (χ0v) is 23.6. The Labute approximate surface area is 244 Å². The number of halogens is 1. The van der Waals surface area contributed by atoms with E-state index in [4.69, 9.17) is 20.6 Å². The molecule has 0 spiro atoms. The summed E-state index contributed by atoms with van der Waals surface area (Å²) in [6.45, 7) is 6.13. The van der Waals surface area contributed by atoms with Gasteiger partial charge in [0.15, 0.2) is 5.69 Å². The van der Waals surface area contributed by atoms with E-state index in [1.54, 1.807) is 55.5 Å². The van der Waals surface area contributed by atoms with Crippen molar-refractivity contribution in [2.75, 3.05) is 25.6 Å². The topological polar surface area (TPSA) is 156 Å². The van der Waals surface area contributed by atoms with Crippen LogP contribution in [0.1, 0.15) is 62.2 Å². The SMILES string of the molecule is C=Cc1cc(C(=O)Nc2ccc(C(=N)N)cc2)c(-c2ccc(C(=O)NCC3CC3)nc2C(=O)OCC)cc1OC.Cl. The first-order valence-electron chi connectivity index (χ1n) is 12.8. The fourth-order valence-electron chi connectivity index (χ4n) is 4.08. The van der Waals surface area contributed by atoms with Crippen LogP contribution in [0.25, 0.3) is 17.2 Å². The van der Waals surface area contributed by atoms with Gasteiger partial charge in [0.1, 0.15) is 17.3 Å². The molecule has 0 saturated heterocycles. The molecule has 1 saturated carbocycles. The number of hydrogen-bond donors (Lipinski definition) is 4. The van der Waals surface area contributed by atoms with E-state index in [1.165, 1.54) is 13.2 Å². The number of nitrogens with one attached hydrogen (secondary N) is 3. The number of benzene rings is 2. The van der Waals surface area contributed by atoms with Gasteiger partial charge in [-0.1, -0.05) is 12.7 Å². The Hall–Kier alpha value is -4.70. The average molecular weight is 578 g/mol. The molecule has 3 aromatic rings. The quantitative estimate of drug-likeness (QED) is 0.146. The Balaban J connectivity index is 0.00000462. The number of ether oxygens (including phenoxy) is 2. The molecule has 1 fully saturated rings. The van der Waals surface area contributed by atoms with Crippen LogP contribution in [0.4, 0.5) is 5.69 Å². The second-order valence-corrected chi connectivity index (χ2v) is 9.26. The molecule has 5 N–H and O–H groups in total. The monoisotopic (exact) mass is 577 g/mol. The minimum absolute atomic E-state index is 0. The molecule has 2 amide bonds. The smallest absolute Gasteiger partial charge is 0.357 e. The second kappa shape index (κ2) is 13.6. The highest BCUT2D eigenvalue weighted by Crippen LogP contribution is 2.34. The minimum Gasteiger partial charge on any atom is -0.496 e. The first-order chi connectivity index (χ1) is 19.2.